The predicted molar refractivity (Wildman–Crippen MR) is 62.0 cm³/mol. The second-order valence-electron chi connectivity index (χ2n) is 5.41. The van der Waals surface area contributed by atoms with E-state index in [-0.39, 0.29) is 17.6 Å². The predicted octanol–water partition coefficient (Wildman–Crippen LogP) is 0.406. The topological polar surface area (TPSA) is 61.4 Å². The van der Waals surface area contributed by atoms with Gasteiger partial charge in [-0.3, -0.25) is 4.79 Å². The molecule has 4 heteroatoms. The lowest BCUT2D eigenvalue weighted by atomic mass is 9.99. The lowest BCUT2D eigenvalue weighted by Crippen LogP contribution is -2.51. The normalized spacial score (nSPS) is 38.9. The molecule has 1 heterocycles. The van der Waals surface area contributed by atoms with Crippen molar-refractivity contribution in [1.29, 1.82) is 0 Å². The lowest BCUT2D eigenvalue weighted by Gasteiger charge is -2.24. The van der Waals surface area contributed by atoms with E-state index in [1.54, 1.807) is 0 Å². The summed E-state index contributed by atoms with van der Waals surface area (Å²) in [6.45, 7) is 3.62. The Labute approximate surface area is 96.8 Å². The summed E-state index contributed by atoms with van der Waals surface area (Å²) in [5.41, 5.74) is -0.364. The zero-order valence-corrected chi connectivity index (χ0v) is 9.96. The largest absolute Gasteiger partial charge is 0.393 e. The first kappa shape index (κ1) is 11.9. The fourth-order valence-electron chi connectivity index (χ4n) is 2.75. The molecule has 2 aliphatic rings. The number of hydrogen-bond acceptors (Lipinski definition) is 3. The molecule has 4 nitrogen and oxygen atoms in total. The van der Waals surface area contributed by atoms with Gasteiger partial charge in [0.15, 0.2) is 0 Å². The van der Waals surface area contributed by atoms with E-state index in [0.29, 0.717) is 12.5 Å². The maximum absolute atomic E-state index is 12.0. The molecule has 2 fully saturated rings. The molecule has 1 saturated heterocycles. The minimum Gasteiger partial charge on any atom is -0.393 e. The van der Waals surface area contributed by atoms with Crippen molar-refractivity contribution >= 4 is 5.91 Å². The molecule has 1 aliphatic heterocycles. The smallest absolute Gasteiger partial charge is 0.240 e. The Balaban J connectivity index is 1.75. The number of amides is 1. The van der Waals surface area contributed by atoms with Crippen LogP contribution in [0, 0.1) is 5.92 Å². The molecule has 0 bridgehead atoms. The highest BCUT2D eigenvalue weighted by Gasteiger charge is 2.36. The van der Waals surface area contributed by atoms with Gasteiger partial charge in [0, 0.05) is 6.54 Å². The minimum atomic E-state index is -0.364. The lowest BCUT2D eigenvalue weighted by molar-refractivity contribution is -0.126. The van der Waals surface area contributed by atoms with Gasteiger partial charge >= 0.3 is 0 Å². The van der Waals surface area contributed by atoms with Crippen molar-refractivity contribution in [3.63, 3.8) is 0 Å². The molecule has 2 rings (SSSR count). The van der Waals surface area contributed by atoms with Gasteiger partial charge < -0.3 is 15.7 Å². The standard InChI is InChI=1S/C12H22N2O2/c1-12(5-2-6-14-12)11(16)13-8-9-3-4-10(15)7-9/h9-10,14-15H,2-8H2,1H3,(H,13,16). The van der Waals surface area contributed by atoms with E-state index in [0.717, 1.165) is 38.6 Å². The maximum atomic E-state index is 12.0. The number of carbonyl (C=O) groups excluding carboxylic acids is 1. The van der Waals surface area contributed by atoms with Crippen LogP contribution < -0.4 is 10.6 Å². The summed E-state index contributed by atoms with van der Waals surface area (Å²) in [5.74, 6) is 0.579. The van der Waals surface area contributed by atoms with Crippen molar-refractivity contribution in [3.8, 4) is 0 Å². The number of nitrogens with one attached hydrogen (secondary N) is 2. The quantitative estimate of drug-likeness (QED) is 0.653. The summed E-state index contributed by atoms with van der Waals surface area (Å²) in [7, 11) is 0. The fraction of sp³-hybridized carbons (Fsp3) is 0.917. The Morgan fingerprint density at radius 3 is 2.94 bits per heavy atom. The van der Waals surface area contributed by atoms with Gasteiger partial charge in [-0.25, -0.2) is 0 Å². The number of rotatable bonds is 3. The van der Waals surface area contributed by atoms with Crippen molar-refractivity contribution in [2.24, 2.45) is 5.92 Å². The highest BCUT2D eigenvalue weighted by Crippen LogP contribution is 2.25. The Morgan fingerprint density at radius 2 is 2.38 bits per heavy atom. The molecular formula is C12H22N2O2. The third-order valence-corrected chi connectivity index (χ3v) is 3.93. The van der Waals surface area contributed by atoms with Crippen LogP contribution in [-0.4, -0.2) is 35.7 Å². The number of hydrogen-bond donors (Lipinski definition) is 3. The number of carbonyl (C=O) groups is 1. The van der Waals surface area contributed by atoms with Gasteiger partial charge in [-0.05, 0) is 51.5 Å². The highest BCUT2D eigenvalue weighted by molar-refractivity contribution is 5.86. The second-order valence-corrected chi connectivity index (χ2v) is 5.41. The average molecular weight is 226 g/mol. The Hall–Kier alpha value is -0.610. The highest BCUT2D eigenvalue weighted by atomic mass is 16.3. The van der Waals surface area contributed by atoms with E-state index in [9.17, 15) is 9.90 Å². The molecule has 0 aromatic carbocycles. The van der Waals surface area contributed by atoms with Gasteiger partial charge in [-0.1, -0.05) is 0 Å². The van der Waals surface area contributed by atoms with Crippen LogP contribution in [0.1, 0.15) is 39.0 Å². The van der Waals surface area contributed by atoms with Gasteiger partial charge in [0.2, 0.25) is 5.91 Å². The van der Waals surface area contributed by atoms with E-state index in [2.05, 4.69) is 10.6 Å². The van der Waals surface area contributed by atoms with Crippen LogP contribution in [0.5, 0.6) is 0 Å². The zero-order valence-electron chi connectivity index (χ0n) is 9.96. The Bertz CT molecular complexity index is 262. The van der Waals surface area contributed by atoms with E-state index in [1.807, 2.05) is 6.92 Å². The first-order chi connectivity index (χ1) is 7.60. The van der Waals surface area contributed by atoms with E-state index in [4.69, 9.17) is 0 Å². The summed E-state index contributed by atoms with van der Waals surface area (Å²) in [6, 6.07) is 0. The Kier molecular flexibility index (Phi) is 3.50. The molecule has 1 amide bonds. The molecule has 1 saturated carbocycles. The summed E-state index contributed by atoms with van der Waals surface area (Å²) >= 11 is 0. The zero-order chi connectivity index (χ0) is 11.6. The first-order valence-electron chi connectivity index (χ1n) is 6.31. The van der Waals surface area contributed by atoms with Crippen LogP contribution in [-0.2, 0) is 4.79 Å². The summed E-state index contributed by atoms with van der Waals surface area (Å²) in [4.78, 5) is 12.0. The van der Waals surface area contributed by atoms with Crippen LogP contribution in [0.15, 0.2) is 0 Å². The summed E-state index contributed by atoms with van der Waals surface area (Å²) in [6.07, 6.45) is 4.60. The SMILES string of the molecule is CC1(C(=O)NCC2CCC(O)C2)CCCN1. The number of aliphatic hydroxyl groups excluding tert-OH is 1. The van der Waals surface area contributed by atoms with Gasteiger partial charge in [0.25, 0.3) is 0 Å². The Morgan fingerprint density at radius 1 is 1.56 bits per heavy atom. The third kappa shape index (κ3) is 2.55. The third-order valence-electron chi connectivity index (χ3n) is 3.93. The minimum absolute atomic E-state index is 0.117. The van der Waals surface area contributed by atoms with Crippen molar-refractivity contribution in [2.75, 3.05) is 13.1 Å². The molecular weight excluding hydrogens is 204 g/mol. The fourth-order valence-corrected chi connectivity index (χ4v) is 2.75. The van der Waals surface area contributed by atoms with Crippen molar-refractivity contribution < 1.29 is 9.90 Å². The first-order valence-corrected chi connectivity index (χ1v) is 6.31. The van der Waals surface area contributed by atoms with Gasteiger partial charge in [0.05, 0.1) is 11.6 Å². The van der Waals surface area contributed by atoms with E-state index >= 15 is 0 Å². The molecule has 3 N–H and O–H groups in total. The second kappa shape index (κ2) is 4.72. The number of aliphatic hydroxyl groups is 1. The van der Waals surface area contributed by atoms with Gasteiger partial charge in [-0.2, -0.15) is 0 Å². The van der Waals surface area contributed by atoms with E-state index in [1.165, 1.54) is 0 Å². The van der Waals surface area contributed by atoms with Crippen molar-refractivity contribution in [2.45, 2.75) is 50.7 Å². The maximum Gasteiger partial charge on any atom is 0.240 e. The molecule has 16 heavy (non-hydrogen) atoms. The summed E-state index contributed by atoms with van der Waals surface area (Å²) < 4.78 is 0. The molecule has 1 aliphatic carbocycles. The van der Waals surface area contributed by atoms with Crippen LogP contribution >= 0.6 is 0 Å². The molecule has 3 unspecified atom stereocenters. The monoisotopic (exact) mass is 226 g/mol. The molecule has 0 aromatic rings. The molecule has 92 valence electrons. The average Bonchev–Trinajstić information content (AvgIpc) is 2.85. The van der Waals surface area contributed by atoms with Gasteiger partial charge in [0.1, 0.15) is 0 Å². The van der Waals surface area contributed by atoms with Gasteiger partial charge in [-0.15, -0.1) is 0 Å². The van der Waals surface area contributed by atoms with E-state index < -0.39 is 0 Å². The molecule has 0 spiro atoms. The molecule has 0 radical (unpaired) electrons. The van der Waals surface area contributed by atoms with Crippen LogP contribution in [0.2, 0.25) is 0 Å². The summed E-state index contributed by atoms with van der Waals surface area (Å²) in [5, 5.41) is 15.7. The van der Waals surface area contributed by atoms with Crippen molar-refractivity contribution in [1.82, 2.24) is 10.6 Å². The van der Waals surface area contributed by atoms with Crippen LogP contribution in [0.25, 0.3) is 0 Å². The van der Waals surface area contributed by atoms with Crippen LogP contribution in [0.4, 0.5) is 0 Å². The van der Waals surface area contributed by atoms with Crippen LogP contribution in [0.3, 0.4) is 0 Å². The molecule has 3 atom stereocenters. The van der Waals surface area contributed by atoms with Crippen molar-refractivity contribution in [3.05, 3.63) is 0 Å². The molecule has 0 aromatic heterocycles.